The van der Waals surface area contributed by atoms with Crippen LogP contribution in [0.1, 0.15) is 23.2 Å². The fourth-order valence-electron chi connectivity index (χ4n) is 1.15. The molecule has 1 atom stereocenters. The Morgan fingerprint density at radius 2 is 1.80 bits per heavy atom. The summed E-state index contributed by atoms with van der Waals surface area (Å²) in [6.45, 7) is 1.84. The van der Waals surface area contributed by atoms with Crippen LogP contribution in [0.15, 0.2) is 31.0 Å². The molecule has 0 aromatic carbocycles. The first-order chi connectivity index (χ1) is 7.27. The van der Waals surface area contributed by atoms with Gasteiger partial charge in [0.05, 0.1) is 29.5 Å². The van der Waals surface area contributed by atoms with Gasteiger partial charge >= 0.3 is 0 Å². The van der Waals surface area contributed by atoms with E-state index in [2.05, 4.69) is 19.9 Å². The molecule has 0 saturated carbocycles. The molecule has 0 amide bonds. The second-order valence-corrected chi connectivity index (χ2v) is 3.12. The quantitative estimate of drug-likeness (QED) is 0.774. The van der Waals surface area contributed by atoms with Crippen LogP contribution in [0.2, 0.25) is 0 Å². The van der Waals surface area contributed by atoms with Crippen LogP contribution < -0.4 is 0 Å². The van der Waals surface area contributed by atoms with E-state index in [-0.39, 0.29) is 0 Å². The molecular formula is C10H10N4O. The van der Waals surface area contributed by atoms with E-state index in [4.69, 9.17) is 0 Å². The number of aliphatic hydroxyl groups excluding tert-OH is 1. The van der Waals surface area contributed by atoms with Gasteiger partial charge in [0.15, 0.2) is 0 Å². The van der Waals surface area contributed by atoms with E-state index in [1.165, 1.54) is 18.6 Å². The average Bonchev–Trinajstić information content (AvgIpc) is 2.30. The van der Waals surface area contributed by atoms with Gasteiger partial charge in [-0.1, -0.05) is 0 Å². The minimum absolute atomic E-state index is 0.468. The van der Waals surface area contributed by atoms with Gasteiger partial charge in [0.2, 0.25) is 0 Å². The zero-order valence-corrected chi connectivity index (χ0v) is 8.20. The van der Waals surface area contributed by atoms with E-state index in [0.29, 0.717) is 11.4 Å². The number of aromatic nitrogens is 4. The number of rotatable bonds is 2. The van der Waals surface area contributed by atoms with Crippen molar-refractivity contribution in [2.24, 2.45) is 0 Å². The molecule has 2 aromatic heterocycles. The van der Waals surface area contributed by atoms with E-state index in [9.17, 15) is 5.11 Å². The lowest BCUT2D eigenvalue weighted by Gasteiger charge is -2.07. The predicted octanol–water partition coefficient (Wildman–Crippen LogP) is 0.657. The summed E-state index contributed by atoms with van der Waals surface area (Å²) < 4.78 is 0. The first-order valence-electron chi connectivity index (χ1n) is 4.50. The summed E-state index contributed by atoms with van der Waals surface area (Å²) in [6.07, 6.45) is 6.86. The first kappa shape index (κ1) is 9.67. The van der Waals surface area contributed by atoms with Crippen LogP contribution >= 0.6 is 0 Å². The third kappa shape index (κ3) is 2.13. The fourth-order valence-corrected chi connectivity index (χ4v) is 1.15. The lowest BCUT2D eigenvalue weighted by molar-refractivity contribution is 0.209. The van der Waals surface area contributed by atoms with E-state index >= 15 is 0 Å². The molecule has 2 aromatic rings. The second kappa shape index (κ2) is 4.10. The molecular weight excluding hydrogens is 192 g/mol. The molecule has 15 heavy (non-hydrogen) atoms. The van der Waals surface area contributed by atoms with Crippen LogP contribution in [-0.2, 0) is 0 Å². The molecule has 0 radical (unpaired) electrons. The number of hydrogen-bond acceptors (Lipinski definition) is 5. The van der Waals surface area contributed by atoms with Gasteiger partial charge in [-0.05, 0) is 6.92 Å². The molecule has 0 aliphatic heterocycles. The van der Waals surface area contributed by atoms with Gasteiger partial charge in [-0.25, -0.2) is 0 Å². The largest absolute Gasteiger partial charge is 0.380 e. The maximum atomic E-state index is 9.88. The van der Waals surface area contributed by atoms with Crippen molar-refractivity contribution in [3.8, 4) is 0 Å². The molecule has 2 rings (SSSR count). The predicted molar refractivity (Wildman–Crippen MR) is 52.9 cm³/mol. The average molecular weight is 202 g/mol. The summed E-state index contributed by atoms with van der Waals surface area (Å²) in [4.78, 5) is 16.0. The van der Waals surface area contributed by atoms with Crippen molar-refractivity contribution >= 4 is 0 Å². The minimum atomic E-state index is -0.869. The summed E-state index contributed by atoms with van der Waals surface area (Å²) in [7, 11) is 0. The smallest absolute Gasteiger partial charge is 0.141 e. The number of aryl methyl sites for hydroxylation is 1. The molecule has 5 nitrogen and oxygen atoms in total. The zero-order valence-electron chi connectivity index (χ0n) is 8.20. The van der Waals surface area contributed by atoms with Crippen LogP contribution in [-0.4, -0.2) is 25.0 Å². The summed E-state index contributed by atoms with van der Waals surface area (Å²) >= 11 is 0. The highest BCUT2D eigenvalue weighted by molar-refractivity contribution is 5.14. The molecule has 76 valence electrons. The number of nitrogens with zero attached hydrogens (tertiary/aromatic N) is 4. The summed E-state index contributed by atoms with van der Waals surface area (Å²) in [5.74, 6) is 0. The van der Waals surface area contributed by atoms with Crippen LogP contribution in [0, 0.1) is 6.92 Å². The van der Waals surface area contributed by atoms with Gasteiger partial charge < -0.3 is 5.11 Å². The van der Waals surface area contributed by atoms with Gasteiger partial charge in [0.1, 0.15) is 6.10 Å². The Labute approximate surface area is 86.9 Å². The van der Waals surface area contributed by atoms with Gasteiger partial charge in [0, 0.05) is 18.6 Å². The maximum Gasteiger partial charge on any atom is 0.141 e. The van der Waals surface area contributed by atoms with E-state index in [1.54, 1.807) is 12.4 Å². The monoisotopic (exact) mass is 202 g/mol. The van der Waals surface area contributed by atoms with Crippen LogP contribution in [0.3, 0.4) is 0 Å². The lowest BCUT2D eigenvalue weighted by atomic mass is 10.2. The molecule has 0 saturated heterocycles. The third-order valence-corrected chi connectivity index (χ3v) is 1.94. The molecule has 5 heteroatoms. The normalized spacial score (nSPS) is 12.4. The summed E-state index contributed by atoms with van der Waals surface area (Å²) in [5, 5.41) is 9.88. The van der Waals surface area contributed by atoms with Crippen molar-refractivity contribution in [2.75, 3.05) is 0 Å². The van der Waals surface area contributed by atoms with E-state index < -0.39 is 6.10 Å². The van der Waals surface area contributed by atoms with Crippen molar-refractivity contribution in [1.82, 2.24) is 19.9 Å². The Morgan fingerprint density at radius 3 is 2.40 bits per heavy atom. The highest BCUT2D eigenvalue weighted by Gasteiger charge is 2.13. The third-order valence-electron chi connectivity index (χ3n) is 1.94. The lowest BCUT2D eigenvalue weighted by Crippen LogP contribution is -2.05. The Morgan fingerprint density at radius 1 is 1.00 bits per heavy atom. The van der Waals surface area contributed by atoms with Crippen molar-refractivity contribution < 1.29 is 5.11 Å². The summed E-state index contributed by atoms with van der Waals surface area (Å²) in [5.41, 5.74) is 1.75. The SMILES string of the molecule is Cc1cnc(C(O)c2cnccn2)cn1. The second-order valence-electron chi connectivity index (χ2n) is 3.12. The molecule has 2 heterocycles. The topological polar surface area (TPSA) is 71.8 Å². The van der Waals surface area contributed by atoms with Crippen LogP contribution in [0.4, 0.5) is 0 Å². The first-order valence-corrected chi connectivity index (χ1v) is 4.50. The molecule has 0 aliphatic carbocycles. The summed E-state index contributed by atoms with van der Waals surface area (Å²) in [6, 6.07) is 0. The van der Waals surface area contributed by atoms with Crippen molar-refractivity contribution in [2.45, 2.75) is 13.0 Å². The Balaban J connectivity index is 2.29. The van der Waals surface area contributed by atoms with Crippen LogP contribution in [0.5, 0.6) is 0 Å². The Kier molecular flexibility index (Phi) is 2.64. The number of aliphatic hydroxyl groups is 1. The standard InChI is InChI=1S/C10H10N4O/c1-7-4-14-9(6-13-7)10(15)8-5-11-2-3-12-8/h2-6,10,15H,1H3. The van der Waals surface area contributed by atoms with Gasteiger partial charge in [0.25, 0.3) is 0 Å². The Hall–Kier alpha value is -1.88. The van der Waals surface area contributed by atoms with Gasteiger partial charge in [-0.2, -0.15) is 0 Å². The highest BCUT2D eigenvalue weighted by Crippen LogP contribution is 2.15. The molecule has 1 N–H and O–H groups in total. The highest BCUT2D eigenvalue weighted by atomic mass is 16.3. The number of hydrogen-bond donors (Lipinski definition) is 1. The molecule has 0 aliphatic rings. The van der Waals surface area contributed by atoms with E-state index in [1.807, 2.05) is 6.92 Å². The zero-order chi connectivity index (χ0) is 10.7. The fraction of sp³-hybridized carbons (Fsp3) is 0.200. The molecule has 1 unspecified atom stereocenters. The Bertz CT molecular complexity index is 429. The molecule has 0 bridgehead atoms. The maximum absolute atomic E-state index is 9.88. The van der Waals surface area contributed by atoms with Crippen molar-refractivity contribution in [3.05, 3.63) is 48.1 Å². The van der Waals surface area contributed by atoms with Gasteiger partial charge in [-0.15, -0.1) is 0 Å². The molecule has 0 spiro atoms. The van der Waals surface area contributed by atoms with E-state index in [0.717, 1.165) is 5.69 Å². The molecule has 0 fully saturated rings. The minimum Gasteiger partial charge on any atom is -0.380 e. The van der Waals surface area contributed by atoms with Crippen molar-refractivity contribution in [3.63, 3.8) is 0 Å². The van der Waals surface area contributed by atoms with Crippen LogP contribution in [0.25, 0.3) is 0 Å². The van der Waals surface area contributed by atoms with Crippen molar-refractivity contribution in [1.29, 1.82) is 0 Å². The van der Waals surface area contributed by atoms with Gasteiger partial charge in [-0.3, -0.25) is 19.9 Å².